The van der Waals surface area contributed by atoms with Crippen LogP contribution in [0, 0.1) is 20.8 Å². The number of benzene rings is 3. The van der Waals surface area contributed by atoms with Gasteiger partial charge in [-0.05, 0) is 53.9 Å². The minimum absolute atomic E-state index is 1.33. The number of aryl methyl sites for hydroxylation is 3. The first-order valence-electron chi connectivity index (χ1n) is 6.05. The lowest BCUT2D eigenvalue weighted by Crippen LogP contribution is -1.85. The minimum atomic E-state index is 1.33. The molecule has 3 aromatic carbocycles. The van der Waals surface area contributed by atoms with Crippen molar-refractivity contribution in [3.05, 3.63) is 59.2 Å². The van der Waals surface area contributed by atoms with Gasteiger partial charge in [-0.25, -0.2) is 0 Å². The van der Waals surface area contributed by atoms with E-state index >= 15 is 0 Å². The van der Waals surface area contributed by atoms with Crippen molar-refractivity contribution in [2.75, 3.05) is 0 Å². The zero-order valence-electron chi connectivity index (χ0n) is 10.5. The lowest BCUT2D eigenvalue weighted by atomic mass is 9.95. The summed E-state index contributed by atoms with van der Waals surface area (Å²) < 4.78 is 0. The third-order valence-electron chi connectivity index (χ3n) is 3.54. The molecule has 0 spiro atoms. The van der Waals surface area contributed by atoms with E-state index < -0.39 is 0 Å². The second kappa shape index (κ2) is 3.59. The van der Waals surface area contributed by atoms with Crippen molar-refractivity contribution in [3.8, 4) is 0 Å². The maximum atomic E-state index is 2.29. The molecule has 0 nitrogen and oxygen atoms in total. The molecule has 0 bridgehead atoms. The smallest absolute Gasteiger partial charge is 0.0146 e. The number of hydrogen-bond acceptors (Lipinski definition) is 0. The van der Waals surface area contributed by atoms with Crippen molar-refractivity contribution in [1.29, 1.82) is 0 Å². The molecule has 3 rings (SSSR count). The average molecular weight is 220 g/mol. The van der Waals surface area contributed by atoms with Crippen LogP contribution in [0.2, 0.25) is 0 Å². The van der Waals surface area contributed by atoms with Crippen LogP contribution in [0.5, 0.6) is 0 Å². The molecule has 0 aliphatic carbocycles. The number of hydrogen-bond donors (Lipinski definition) is 0. The van der Waals surface area contributed by atoms with E-state index in [2.05, 4.69) is 63.2 Å². The molecule has 0 amide bonds. The quantitative estimate of drug-likeness (QED) is 0.472. The SMILES string of the molecule is Cc1ccc2cc3ccc(C)cc3c(C)c2c1. The maximum absolute atomic E-state index is 2.29. The summed E-state index contributed by atoms with van der Waals surface area (Å²) in [6, 6.07) is 15.7. The second-order valence-electron chi connectivity index (χ2n) is 4.95. The second-order valence-corrected chi connectivity index (χ2v) is 4.95. The van der Waals surface area contributed by atoms with E-state index in [-0.39, 0.29) is 0 Å². The first kappa shape index (κ1) is 10.3. The van der Waals surface area contributed by atoms with Gasteiger partial charge < -0.3 is 0 Å². The number of rotatable bonds is 0. The highest BCUT2D eigenvalue weighted by Crippen LogP contribution is 2.29. The Labute approximate surface area is 102 Å². The van der Waals surface area contributed by atoms with Crippen LogP contribution in [0.25, 0.3) is 21.5 Å². The predicted molar refractivity (Wildman–Crippen MR) is 75.7 cm³/mol. The topological polar surface area (TPSA) is 0 Å². The molecule has 0 aromatic heterocycles. The van der Waals surface area contributed by atoms with Gasteiger partial charge in [0.1, 0.15) is 0 Å². The standard InChI is InChI=1S/C17H16/c1-11-4-6-14-10-15-7-5-12(2)9-17(15)13(3)16(14)8-11/h4-10H,1-3H3. The molecule has 0 atom stereocenters. The lowest BCUT2D eigenvalue weighted by molar-refractivity contribution is 1.47. The molecule has 0 radical (unpaired) electrons. The van der Waals surface area contributed by atoms with Gasteiger partial charge in [-0.2, -0.15) is 0 Å². The molecule has 84 valence electrons. The Morgan fingerprint density at radius 3 is 1.53 bits per heavy atom. The third-order valence-corrected chi connectivity index (χ3v) is 3.54. The van der Waals surface area contributed by atoms with E-state index in [0.717, 1.165) is 0 Å². The summed E-state index contributed by atoms with van der Waals surface area (Å²) in [7, 11) is 0. The fourth-order valence-electron chi connectivity index (χ4n) is 2.55. The molecule has 0 aliphatic heterocycles. The van der Waals surface area contributed by atoms with Crippen molar-refractivity contribution < 1.29 is 0 Å². The molecule has 0 unspecified atom stereocenters. The Kier molecular flexibility index (Phi) is 2.19. The van der Waals surface area contributed by atoms with Crippen LogP contribution >= 0.6 is 0 Å². The minimum Gasteiger partial charge on any atom is -0.0587 e. The summed E-state index contributed by atoms with van der Waals surface area (Å²) in [6.45, 7) is 6.53. The van der Waals surface area contributed by atoms with E-state index in [0.29, 0.717) is 0 Å². The van der Waals surface area contributed by atoms with Crippen LogP contribution < -0.4 is 0 Å². The zero-order chi connectivity index (χ0) is 12.0. The summed E-state index contributed by atoms with van der Waals surface area (Å²) in [5.74, 6) is 0. The molecule has 3 aromatic rings. The molecular formula is C17H16. The van der Waals surface area contributed by atoms with Gasteiger partial charge in [-0.3, -0.25) is 0 Å². The van der Waals surface area contributed by atoms with Gasteiger partial charge in [0.15, 0.2) is 0 Å². The maximum Gasteiger partial charge on any atom is -0.0146 e. The third kappa shape index (κ3) is 1.61. The largest absolute Gasteiger partial charge is 0.0587 e. The highest BCUT2D eigenvalue weighted by atomic mass is 14.1. The molecule has 0 fully saturated rings. The Morgan fingerprint density at radius 2 is 1.06 bits per heavy atom. The van der Waals surface area contributed by atoms with Gasteiger partial charge in [0.25, 0.3) is 0 Å². The first-order valence-corrected chi connectivity index (χ1v) is 6.05. The fourth-order valence-corrected chi connectivity index (χ4v) is 2.55. The molecule has 0 aliphatic rings. The van der Waals surface area contributed by atoms with Crippen LogP contribution in [-0.2, 0) is 0 Å². The van der Waals surface area contributed by atoms with Crippen molar-refractivity contribution >= 4 is 21.5 Å². The summed E-state index contributed by atoms with van der Waals surface area (Å²) in [4.78, 5) is 0. The van der Waals surface area contributed by atoms with Crippen molar-refractivity contribution in [2.45, 2.75) is 20.8 Å². The van der Waals surface area contributed by atoms with Crippen molar-refractivity contribution in [3.63, 3.8) is 0 Å². The van der Waals surface area contributed by atoms with E-state index in [9.17, 15) is 0 Å². The van der Waals surface area contributed by atoms with Crippen molar-refractivity contribution in [2.24, 2.45) is 0 Å². The molecule has 17 heavy (non-hydrogen) atoms. The average Bonchev–Trinajstić information content (AvgIpc) is 2.32. The molecule has 0 saturated carbocycles. The Balaban J connectivity index is 2.53. The van der Waals surface area contributed by atoms with Crippen LogP contribution in [0.15, 0.2) is 42.5 Å². The van der Waals surface area contributed by atoms with Crippen LogP contribution in [0.3, 0.4) is 0 Å². The zero-order valence-corrected chi connectivity index (χ0v) is 10.5. The van der Waals surface area contributed by atoms with Crippen LogP contribution in [0.4, 0.5) is 0 Å². The van der Waals surface area contributed by atoms with Gasteiger partial charge in [0, 0.05) is 0 Å². The molecule has 0 heteroatoms. The van der Waals surface area contributed by atoms with Gasteiger partial charge in [0.05, 0.1) is 0 Å². The number of fused-ring (bicyclic) bond motifs is 2. The van der Waals surface area contributed by atoms with E-state index in [1.54, 1.807) is 0 Å². The van der Waals surface area contributed by atoms with Crippen LogP contribution in [-0.4, -0.2) is 0 Å². The first-order chi connectivity index (χ1) is 8.15. The highest BCUT2D eigenvalue weighted by Gasteiger charge is 2.04. The van der Waals surface area contributed by atoms with Gasteiger partial charge in [-0.15, -0.1) is 0 Å². The normalized spacial score (nSPS) is 11.2. The summed E-state index contributed by atoms with van der Waals surface area (Å²) in [5, 5.41) is 5.43. The van der Waals surface area contributed by atoms with Gasteiger partial charge in [0.2, 0.25) is 0 Å². The molecular weight excluding hydrogens is 204 g/mol. The Bertz CT molecular complexity index is 661. The van der Waals surface area contributed by atoms with Crippen LogP contribution in [0.1, 0.15) is 16.7 Å². The molecule has 0 N–H and O–H groups in total. The predicted octanol–water partition coefficient (Wildman–Crippen LogP) is 4.92. The Morgan fingerprint density at radius 1 is 0.588 bits per heavy atom. The van der Waals surface area contributed by atoms with E-state index in [4.69, 9.17) is 0 Å². The molecule has 0 heterocycles. The Hall–Kier alpha value is -1.82. The summed E-state index contributed by atoms with van der Waals surface area (Å²) >= 11 is 0. The summed E-state index contributed by atoms with van der Waals surface area (Å²) in [5.41, 5.74) is 4.05. The van der Waals surface area contributed by atoms with Crippen molar-refractivity contribution in [1.82, 2.24) is 0 Å². The van der Waals surface area contributed by atoms with E-state index in [1.807, 2.05) is 0 Å². The van der Waals surface area contributed by atoms with Gasteiger partial charge in [-0.1, -0.05) is 47.5 Å². The summed E-state index contributed by atoms with van der Waals surface area (Å²) in [6.07, 6.45) is 0. The van der Waals surface area contributed by atoms with Gasteiger partial charge >= 0.3 is 0 Å². The molecule has 0 saturated heterocycles. The highest BCUT2D eigenvalue weighted by molar-refractivity contribution is 6.02. The monoisotopic (exact) mass is 220 g/mol. The fraction of sp³-hybridized carbons (Fsp3) is 0.176. The van der Waals surface area contributed by atoms with E-state index in [1.165, 1.54) is 38.2 Å². The lowest BCUT2D eigenvalue weighted by Gasteiger charge is -2.09.